The van der Waals surface area contributed by atoms with Crippen LogP contribution < -0.4 is 5.32 Å². The Balaban J connectivity index is 3.99. The summed E-state index contributed by atoms with van der Waals surface area (Å²) in [5.74, 6) is -1.03. The predicted molar refractivity (Wildman–Crippen MR) is 48.6 cm³/mol. The highest BCUT2D eigenvalue weighted by Crippen LogP contribution is 1.96. The summed E-state index contributed by atoms with van der Waals surface area (Å²) in [5.41, 5.74) is 0. The molecule has 5 nitrogen and oxygen atoms in total. The van der Waals surface area contributed by atoms with Gasteiger partial charge in [0.1, 0.15) is 6.54 Å². The van der Waals surface area contributed by atoms with E-state index in [2.05, 4.69) is 5.32 Å². The standard InChI is InChI=1S/C8H16N2O3/c1-4-10(6(2)3)8(13)9-5-7(11)12/h6H,4-5H2,1-3H3,(H,9,13)(H,11,12). The zero-order chi connectivity index (χ0) is 10.4. The lowest BCUT2D eigenvalue weighted by atomic mass is 10.3. The Morgan fingerprint density at radius 1 is 1.46 bits per heavy atom. The van der Waals surface area contributed by atoms with E-state index in [1.807, 2.05) is 20.8 Å². The molecule has 0 aromatic rings. The summed E-state index contributed by atoms with van der Waals surface area (Å²) in [6.07, 6.45) is 0. The fourth-order valence-corrected chi connectivity index (χ4v) is 0.996. The van der Waals surface area contributed by atoms with E-state index in [1.54, 1.807) is 4.90 Å². The molecule has 0 fully saturated rings. The molecule has 13 heavy (non-hydrogen) atoms. The van der Waals surface area contributed by atoms with Crippen LogP contribution in [0.1, 0.15) is 20.8 Å². The molecule has 2 amide bonds. The Morgan fingerprint density at radius 3 is 2.31 bits per heavy atom. The molecule has 0 atom stereocenters. The maximum atomic E-state index is 11.3. The van der Waals surface area contributed by atoms with Gasteiger partial charge in [0.25, 0.3) is 0 Å². The number of hydrogen-bond acceptors (Lipinski definition) is 2. The first kappa shape index (κ1) is 11.7. The summed E-state index contributed by atoms with van der Waals surface area (Å²) < 4.78 is 0. The summed E-state index contributed by atoms with van der Waals surface area (Å²) >= 11 is 0. The van der Waals surface area contributed by atoms with Crippen molar-refractivity contribution in [1.29, 1.82) is 0 Å². The van der Waals surface area contributed by atoms with Crippen LogP contribution in [0.2, 0.25) is 0 Å². The van der Waals surface area contributed by atoms with Gasteiger partial charge in [-0.25, -0.2) is 4.79 Å². The fraction of sp³-hybridized carbons (Fsp3) is 0.750. The van der Waals surface area contributed by atoms with Crippen molar-refractivity contribution in [2.45, 2.75) is 26.8 Å². The van der Waals surface area contributed by atoms with Crippen LogP contribution in [0.25, 0.3) is 0 Å². The predicted octanol–water partition coefficient (Wildman–Crippen LogP) is 0.511. The van der Waals surface area contributed by atoms with Crippen LogP contribution in [0.4, 0.5) is 4.79 Å². The lowest BCUT2D eigenvalue weighted by molar-refractivity contribution is -0.135. The third-order valence-corrected chi connectivity index (χ3v) is 1.62. The number of carboxylic acids is 1. The molecule has 0 aliphatic rings. The number of amides is 2. The number of nitrogens with zero attached hydrogens (tertiary/aromatic N) is 1. The van der Waals surface area contributed by atoms with Crippen LogP contribution in [0, 0.1) is 0 Å². The first-order valence-corrected chi connectivity index (χ1v) is 4.25. The first-order chi connectivity index (χ1) is 5.99. The van der Waals surface area contributed by atoms with Crippen LogP contribution >= 0.6 is 0 Å². The van der Waals surface area contributed by atoms with Crippen molar-refractivity contribution in [3.05, 3.63) is 0 Å². The number of carbonyl (C=O) groups is 2. The van der Waals surface area contributed by atoms with Gasteiger partial charge >= 0.3 is 12.0 Å². The maximum Gasteiger partial charge on any atom is 0.323 e. The van der Waals surface area contributed by atoms with Crippen molar-refractivity contribution < 1.29 is 14.7 Å². The zero-order valence-electron chi connectivity index (χ0n) is 8.20. The molecule has 0 aromatic carbocycles. The van der Waals surface area contributed by atoms with E-state index < -0.39 is 5.97 Å². The van der Waals surface area contributed by atoms with E-state index in [0.29, 0.717) is 6.54 Å². The van der Waals surface area contributed by atoms with Crippen molar-refractivity contribution >= 4 is 12.0 Å². The fourth-order valence-electron chi connectivity index (χ4n) is 0.996. The Bertz CT molecular complexity index is 192. The molecule has 0 saturated heterocycles. The van der Waals surface area contributed by atoms with Gasteiger partial charge in [-0.2, -0.15) is 0 Å². The Labute approximate surface area is 77.7 Å². The van der Waals surface area contributed by atoms with Gasteiger partial charge in [-0.15, -0.1) is 0 Å². The molecule has 0 saturated carbocycles. The topological polar surface area (TPSA) is 69.6 Å². The number of nitrogens with one attached hydrogen (secondary N) is 1. The maximum absolute atomic E-state index is 11.3. The third kappa shape index (κ3) is 4.35. The minimum atomic E-state index is -1.03. The summed E-state index contributed by atoms with van der Waals surface area (Å²) in [5, 5.41) is 10.6. The zero-order valence-corrected chi connectivity index (χ0v) is 8.20. The molecule has 2 N–H and O–H groups in total. The molecule has 0 spiro atoms. The van der Waals surface area contributed by atoms with E-state index in [0.717, 1.165) is 0 Å². The van der Waals surface area contributed by atoms with Gasteiger partial charge in [0.05, 0.1) is 0 Å². The van der Waals surface area contributed by atoms with E-state index in [-0.39, 0.29) is 18.6 Å². The number of hydrogen-bond donors (Lipinski definition) is 2. The molecule has 0 radical (unpaired) electrons. The molecular formula is C8H16N2O3. The quantitative estimate of drug-likeness (QED) is 0.675. The second kappa shape index (κ2) is 5.40. The number of carbonyl (C=O) groups excluding carboxylic acids is 1. The molecule has 0 aliphatic carbocycles. The molecule has 0 rings (SSSR count). The van der Waals surface area contributed by atoms with Crippen molar-refractivity contribution in [2.24, 2.45) is 0 Å². The summed E-state index contributed by atoms with van der Waals surface area (Å²) in [6, 6.07) is -0.251. The Hall–Kier alpha value is -1.26. The second-order valence-electron chi connectivity index (χ2n) is 2.93. The van der Waals surface area contributed by atoms with Gasteiger partial charge in [-0.05, 0) is 20.8 Å². The monoisotopic (exact) mass is 188 g/mol. The Morgan fingerprint density at radius 2 is 2.00 bits per heavy atom. The average Bonchev–Trinajstić information content (AvgIpc) is 2.01. The lowest BCUT2D eigenvalue weighted by Crippen LogP contribution is -2.45. The van der Waals surface area contributed by atoms with Gasteiger partial charge in [0.15, 0.2) is 0 Å². The number of rotatable bonds is 4. The highest BCUT2D eigenvalue weighted by Gasteiger charge is 2.14. The van der Waals surface area contributed by atoms with Gasteiger partial charge in [0, 0.05) is 12.6 Å². The highest BCUT2D eigenvalue weighted by molar-refractivity contribution is 5.80. The van der Waals surface area contributed by atoms with Gasteiger partial charge in [-0.3, -0.25) is 4.79 Å². The SMILES string of the molecule is CCN(C(=O)NCC(=O)O)C(C)C. The Kier molecular flexibility index (Phi) is 4.87. The normalized spacial score (nSPS) is 9.85. The first-order valence-electron chi connectivity index (χ1n) is 4.25. The molecule has 5 heteroatoms. The molecular weight excluding hydrogens is 172 g/mol. The van der Waals surface area contributed by atoms with Gasteiger partial charge in [-0.1, -0.05) is 0 Å². The van der Waals surface area contributed by atoms with Crippen LogP contribution in [0.3, 0.4) is 0 Å². The molecule has 0 unspecified atom stereocenters. The van der Waals surface area contributed by atoms with E-state index in [1.165, 1.54) is 0 Å². The average molecular weight is 188 g/mol. The second-order valence-corrected chi connectivity index (χ2v) is 2.93. The molecule has 0 aliphatic heterocycles. The lowest BCUT2D eigenvalue weighted by Gasteiger charge is -2.24. The van der Waals surface area contributed by atoms with E-state index >= 15 is 0 Å². The van der Waals surface area contributed by atoms with E-state index in [4.69, 9.17) is 5.11 Å². The highest BCUT2D eigenvalue weighted by atomic mass is 16.4. The number of carboxylic acid groups (broad SMARTS) is 1. The smallest absolute Gasteiger partial charge is 0.323 e. The van der Waals surface area contributed by atoms with Crippen LogP contribution in [-0.4, -0.2) is 41.1 Å². The van der Waals surface area contributed by atoms with Crippen LogP contribution in [-0.2, 0) is 4.79 Å². The summed E-state index contributed by atoms with van der Waals surface area (Å²) in [4.78, 5) is 23.0. The van der Waals surface area contributed by atoms with Gasteiger partial charge < -0.3 is 15.3 Å². The summed E-state index contributed by atoms with van der Waals surface area (Å²) in [7, 11) is 0. The van der Waals surface area contributed by atoms with E-state index in [9.17, 15) is 9.59 Å². The van der Waals surface area contributed by atoms with Crippen molar-refractivity contribution in [1.82, 2.24) is 10.2 Å². The number of urea groups is 1. The molecule has 0 aromatic heterocycles. The minimum Gasteiger partial charge on any atom is -0.480 e. The minimum absolute atomic E-state index is 0.0822. The molecule has 76 valence electrons. The molecule has 0 bridgehead atoms. The third-order valence-electron chi connectivity index (χ3n) is 1.62. The van der Waals surface area contributed by atoms with Crippen molar-refractivity contribution in [2.75, 3.05) is 13.1 Å². The van der Waals surface area contributed by atoms with Crippen molar-refractivity contribution in [3.8, 4) is 0 Å². The van der Waals surface area contributed by atoms with Gasteiger partial charge in [0.2, 0.25) is 0 Å². The largest absolute Gasteiger partial charge is 0.480 e. The van der Waals surface area contributed by atoms with Crippen LogP contribution in [0.5, 0.6) is 0 Å². The van der Waals surface area contributed by atoms with Crippen molar-refractivity contribution in [3.63, 3.8) is 0 Å². The molecule has 0 heterocycles. The van der Waals surface area contributed by atoms with Crippen LogP contribution in [0.15, 0.2) is 0 Å². The number of aliphatic carboxylic acids is 1. The summed E-state index contributed by atoms with van der Waals surface area (Å²) in [6.45, 7) is 5.85.